The molecule has 128 valence electrons. The molecular weight excluding hydrogens is 380 g/mol. The van der Waals surface area contributed by atoms with Crippen molar-refractivity contribution >= 4 is 27.7 Å². The third-order valence-electron chi connectivity index (χ3n) is 3.22. The van der Waals surface area contributed by atoms with Crippen molar-refractivity contribution in [1.29, 1.82) is 0 Å². The fourth-order valence-electron chi connectivity index (χ4n) is 2.03. The molecule has 0 N–H and O–H groups in total. The van der Waals surface area contributed by atoms with Crippen LogP contribution in [0.25, 0.3) is 0 Å². The second kappa shape index (κ2) is 8.05. The number of rotatable bonds is 7. The normalized spacial score (nSPS) is 11.8. The number of Topliss-reactive ketones (excluding diaryl/α,β-unsaturated/α-hetero) is 1. The zero-order valence-electron chi connectivity index (χ0n) is 13.5. The second-order valence-corrected chi connectivity index (χ2v) is 6.00. The molecule has 0 amide bonds. The van der Waals surface area contributed by atoms with Crippen LogP contribution in [0.2, 0.25) is 0 Å². The monoisotopic (exact) mass is 396 g/mol. The van der Waals surface area contributed by atoms with Crippen LogP contribution in [0.15, 0.2) is 27.2 Å². The summed E-state index contributed by atoms with van der Waals surface area (Å²) in [5.74, 6) is 0.434. The molecule has 1 aromatic heterocycles. The Morgan fingerprint density at radius 2 is 2.08 bits per heavy atom. The number of hydrogen-bond donors (Lipinski definition) is 0. The van der Waals surface area contributed by atoms with E-state index in [1.54, 1.807) is 32.0 Å². The molecule has 0 fully saturated rings. The van der Waals surface area contributed by atoms with Crippen molar-refractivity contribution in [3.8, 4) is 5.75 Å². The number of esters is 1. The molecule has 1 aromatic carbocycles. The van der Waals surface area contributed by atoms with Gasteiger partial charge in [-0.15, -0.1) is 0 Å². The van der Waals surface area contributed by atoms with E-state index in [-0.39, 0.29) is 24.5 Å². The molecule has 0 aliphatic carbocycles. The lowest BCUT2D eigenvalue weighted by molar-refractivity contribution is -0.149. The molecule has 1 heterocycles. The topological polar surface area (TPSA) is 91.5 Å². The van der Waals surface area contributed by atoms with E-state index in [1.807, 2.05) is 0 Å². The Balaban J connectivity index is 1.92. The van der Waals surface area contributed by atoms with Gasteiger partial charge in [-0.3, -0.25) is 9.59 Å². The van der Waals surface area contributed by atoms with Gasteiger partial charge in [-0.05, 0) is 32.0 Å². The van der Waals surface area contributed by atoms with Gasteiger partial charge in [-0.2, -0.15) is 4.98 Å². The standard InChI is InChI=1S/C16H17BrN2O5/c1-9(16-18-10(2)19-24-16)23-15(21)7-5-13(20)12-8-11(17)4-6-14(12)22-3/h4,6,8-9H,5,7H2,1-3H3. The highest BCUT2D eigenvalue weighted by molar-refractivity contribution is 9.10. The quantitative estimate of drug-likeness (QED) is 0.522. The van der Waals surface area contributed by atoms with Crippen LogP contribution >= 0.6 is 15.9 Å². The Hall–Kier alpha value is -2.22. The molecule has 0 saturated heterocycles. The summed E-state index contributed by atoms with van der Waals surface area (Å²) >= 11 is 3.31. The maximum absolute atomic E-state index is 12.3. The summed E-state index contributed by atoms with van der Waals surface area (Å²) < 4.78 is 16.1. The lowest BCUT2D eigenvalue weighted by atomic mass is 10.1. The molecule has 0 bridgehead atoms. The molecule has 8 heteroatoms. The van der Waals surface area contributed by atoms with Gasteiger partial charge < -0.3 is 14.0 Å². The zero-order chi connectivity index (χ0) is 17.7. The van der Waals surface area contributed by atoms with Crippen molar-refractivity contribution in [1.82, 2.24) is 10.1 Å². The summed E-state index contributed by atoms with van der Waals surface area (Å²) in [6.07, 6.45) is -0.693. The molecule has 2 rings (SSSR count). The summed E-state index contributed by atoms with van der Waals surface area (Å²) in [6, 6.07) is 5.13. The number of aryl methyl sites for hydroxylation is 1. The first-order valence-electron chi connectivity index (χ1n) is 7.27. The fourth-order valence-corrected chi connectivity index (χ4v) is 2.39. The van der Waals surface area contributed by atoms with Crippen LogP contribution in [0.1, 0.15) is 47.9 Å². The van der Waals surface area contributed by atoms with E-state index in [9.17, 15) is 9.59 Å². The predicted molar refractivity (Wildman–Crippen MR) is 87.8 cm³/mol. The number of benzene rings is 1. The molecule has 0 aliphatic rings. The van der Waals surface area contributed by atoms with Crippen molar-refractivity contribution in [3.05, 3.63) is 40.0 Å². The highest BCUT2D eigenvalue weighted by Crippen LogP contribution is 2.25. The Morgan fingerprint density at radius 1 is 1.33 bits per heavy atom. The summed E-state index contributed by atoms with van der Waals surface area (Å²) in [7, 11) is 1.49. The van der Waals surface area contributed by atoms with Crippen molar-refractivity contribution in [2.75, 3.05) is 7.11 Å². The van der Waals surface area contributed by atoms with E-state index in [0.717, 1.165) is 4.47 Å². The van der Waals surface area contributed by atoms with Crippen LogP contribution in [0.4, 0.5) is 0 Å². The van der Waals surface area contributed by atoms with Crippen molar-refractivity contribution in [2.45, 2.75) is 32.8 Å². The smallest absolute Gasteiger partial charge is 0.307 e. The average molecular weight is 397 g/mol. The molecule has 24 heavy (non-hydrogen) atoms. The lowest BCUT2D eigenvalue weighted by Gasteiger charge is -2.10. The number of ether oxygens (including phenoxy) is 2. The molecule has 0 aliphatic heterocycles. The highest BCUT2D eigenvalue weighted by atomic mass is 79.9. The van der Waals surface area contributed by atoms with Crippen LogP contribution in [0.3, 0.4) is 0 Å². The van der Waals surface area contributed by atoms with Gasteiger partial charge in [0.2, 0.25) is 0 Å². The average Bonchev–Trinajstić information content (AvgIpc) is 2.99. The van der Waals surface area contributed by atoms with Crippen molar-refractivity contribution in [2.24, 2.45) is 0 Å². The number of ketones is 1. The Kier molecular flexibility index (Phi) is 6.08. The minimum Gasteiger partial charge on any atom is -0.496 e. The number of methoxy groups -OCH3 is 1. The van der Waals surface area contributed by atoms with Gasteiger partial charge in [-0.1, -0.05) is 21.1 Å². The van der Waals surface area contributed by atoms with Gasteiger partial charge in [0.1, 0.15) is 5.75 Å². The summed E-state index contributed by atoms with van der Waals surface area (Å²) in [6.45, 7) is 3.30. The van der Waals surface area contributed by atoms with E-state index in [2.05, 4.69) is 26.1 Å². The molecular formula is C16H17BrN2O5. The van der Waals surface area contributed by atoms with Gasteiger partial charge in [0.05, 0.1) is 19.1 Å². The molecule has 1 atom stereocenters. The van der Waals surface area contributed by atoms with Crippen molar-refractivity contribution in [3.63, 3.8) is 0 Å². The van der Waals surface area contributed by atoms with Gasteiger partial charge in [-0.25, -0.2) is 0 Å². The summed E-state index contributed by atoms with van der Waals surface area (Å²) in [4.78, 5) is 28.2. The Bertz CT molecular complexity index is 744. The van der Waals surface area contributed by atoms with E-state index >= 15 is 0 Å². The summed E-state index contributed by atoms with van der Waals surface area (Å²) in [5, 5.41) is 3.64. The molecule has 0 saturated carbocycles. The first-order chi connectivity index (χ1) is 11.4. The third kappa shape index (κ3) is 4.64. The largest absolute Gasteiger partial charge is 0.496 e. The van der Waals surface area contributed by atoms with Crippen LogP contribution in [0, 0.1) is 6.92 Å². The SMILES string of the molecule is COc1ccc(Br)cc1C(=O)CCC(=O)OC(C)c1nc(C)no1. The maximum Gasteiger partial charge on any atom is 0.307 e. The van der Waals surface area contributed by atoms with Gasteiger partial charge in [0, 0.05) is 10.9 Å². The fraction of sp³-hybridized carbons (Fsp3) is 0.375. The molecule has 1 unspecified atom stereocenters. The van der Waals surface area contributed by atoms with Crippen molar-refractivity contribution < 1.29 is 23.6 Å². The van der Waals surface area contributed by atoms with E-state index in [1.165, 1.54) is 7.11 Å². The van der Waals surface area contributed by atoms with E-state index < -0.39 is 12.1 Å². The van der Waals surface area contributed by atoms with Crippen LogP contribution in [-0.2, 0) is 9.53 Å². The molecule has 2 aromatic rings. The number of nitrogens with zero attached hydrogens (tertiary/aromatic N) is 2. The molecule has 0 spiro atoms. The summed E-state index contributed by atoms with van der Waals surface area (Å²) in [5.41, 5.74) is 0.417. The Morgan fingerprint density at radius 3 is 2.71 bits per heavy atom. The predicted octanol–water partition coefficient (Wildman–Crippen LogP) is 3.42. The molecule has 0 radical (unpaired) electrons. The maximum atomic E-state index is 12.3. The van der Waals surface area contributed by atoms with Gasteiger partial charge in [0.15, 0.2) is 17.7 Å². The number of aromatic nitrogens is 2. The van der Waals surface area contributed by atoms with E-state index in [4.69, 9.17) is 14.0 Å². The van der Waals surface area contributed by atoms with Gasteiger partial charge in [0.25, 0.3) is 5.89 Å². The number of carbonyl (C=O) groups excluding carboxylic acids is 2. The minimum atomic E-state index is -0.658. The van der Waals surface area contributed by atoms with Crippen LogP contribution in [0.5, 0.6) is 5.75 Å². The Labute approximate surface area is 147 Å². The van der Waals surface area contributed by atoms with Crippen LogP contribution < -0.4 is 4.74 Å². The minimum absolute atomic E-state index is 0.0151. The van der Waals surface area contributed by atoms with Crippen LogP contribution in [-0.4, -0.2) is 29.0 Å². The highest BCUT2D eigenvalue weighted by Gasteiger charge is 2.19. The lowest BCUT2D eigenvalue weighted by Crippen LogP contribution is -2.12. The van der Waals surface area contributed by atoms with Gasteiger partial charge >= 0.3 is 5.97 Å². The first kappa shape index (κ1) is 18.1. The zero-order valence-corrected chi connectivity index (χ0v) is 15.1. The third-order valence-corrected chi connectivity index (χ3v) is 3.71. The first-order valence-corrected chi connectivity index (χ1v) is 8.06. The van der Waals surface area contributed by atoms with E-state index in [0.29, 0.717) is 17.1 Å². The molecule has 7 nitrogen and oxygen atoms in total. The number of hydrogen-bond acceptors (Lipinski definition) is 7. The number of carbonyl (C=O) groups is 2. The number of halogens is 1. The second-order valence-electron chi connectivity index (χ2n) is 5.08.